The summed E-state index contributed by atoms with van der Waals surface area (Å²) in [7, 11) is 1.68. The summed E-state index contributed by atoms with van der Waals surface area (Å²) in [6, 6.07) is 8.18. The van der Waals surface area contributed by atoms with Crippen molar-refractivity contribution >= 4 is 11.6 Å². The molecular formula is C17H26N2O2. The molecule has 1 N–H and O–H groups in total. The predicted molar refractivity (Wildman–Crippen MR) is 85.8 cm³/mol. The number of ether oxygens (including phenoxy) is 1. The summed E-state index contributed by atoms with van der Waals surface area (Å²) in [5, 5.41) is 3.06. The minimum absolute atomic E-state index is 0.174. The van der Waals surface area contributed by atoms with E-state index in [1.807, 2.05) is 12.1 Å². The number of hydrogen-bond acceptors (Lipinski definition) is 3. The molecule has 1 saturated heterocycles. The molecule has 1 aromatic carbocycles. The van der Waals surface area contributed by atoms with Crippen molar-refractivity contribution in [3.05, 3.63) is 24.3 Å². The number of carbonyl (C=O) groups is 1. The Morgan fingerprint density at radius 2 is 2.10 bits per heavy atom. The van der Waals surface area contributed by atoms with Crippen molar-refractivity contribution in [1.82, 2.24) is 5.32 Å². The molecule has 1 aliphatic rings. The molecule has 116 valence electrons. The van der Waals surface area contributed by atoms with Crippen LogP contribution in [0.5, 0.6) is 5.75 Å². The van der Waals surface area contributed by atoms with Gasteiger partial charge in [-0.05, 0) is 42.5 Å². The molecule has 1 unspecified atom stereocenters. The van der Waals surface area contributed by atoms with E-state index in [0.29, 0.717) is 18.3 Å². The van der Waals surface area contributed by atoms with Crippen LogP contribution in [0.2, 0.25) is 0 Å². The van der Waals surface area contributed by atoms with E-state index in [0.717, 1.165) is 31.8 Å². The molecule has 0 radical (unpaired) electrons. The third-order valence-electron chi connectivity index (χ3n) is 3.90. The summed E-state index contributed by atoms with van der Waals surface area (Å²) in [5.41, 5.74) is 1.23. The van der Waals surface area contributed by atoms with Gasteiger partial charge in [-0.25, -0.2) is 0 Å². The fourth-order valence-electron chi connectivity index (χ4n) is 2.73. The molecule has 2 rings (SSSR count). The molecule has 4 nitrogen and oxygen atoms in total. The van der Waals surface area contributed by atoms with Gasteiger partial charge in [0.1, 0.15) is 5.75 Å². The number of hydrogen-bond donors (Lipinski definition) is 1. The zero-order valence-electron chi connectivity index (χ0n) is 13.3. The average Bonchev–Trinajstić information content (AvgIpc) is 2.93. The van der Waals surface area contributed by atoms with Crippen LogP contribution in [0, 0.1) is 11.8 Å². The van der Waals surface area contributed by atoms with Crippen molar-refractivity contribution < 1.29 is 9.53 Å². The number of methoxy groups -OCH3 is 1. The van der Waals surface area contributed by atoms with Crippen molar-refractivity contribution in [2.24, 2.45) is 11.8 Å². The quantitative estimate of drug-likeness (QED) is 0.876. The number of anilines is 1. The molecule has 1 heterocycles. The van der Waals surface area contributed by atoms with E-state index in [2.05, 4.69) is 36.2 Å². The van der Waals surface area contributed by atoms with Gasteiger partial charge in [0.25, 0.3) is 0 Å². The van der Waals surface area contributed by atoms with Crippen molar-refractivity contribution in [2.75, 3.05) is 31.6 Å². The normalized spacial score (nSPS) is 18.1. The van der Waals surface area contributed by atoms with Gasteiger partial charge in [0, 0.05) is 31.7 Å². The van der Waals surface area contributed by atoms with E-state index in [4.69, 9.17) is 4.74 Å². The first-order chi connectivity index (χ1) is 10.1. The number of amides is 1. The van der Waals surface area contributed by atoms with Crippen LogP contribution in [0.3, 0.4) is 0 Å². The Bertz CT molecular complexity index is 456. The van der Waals surface area contributed by atoms with Gasteiger partial charge >= 0.3 is 0 Å². The van der Waals surface area contributed by atoms with Gasteiger partial charge in [-0.2, -0.15) is 0 Å². The molecule has 1 amide bonds. The molecule has 0 spiro atoms. The number of carbonyl (C=O) groups excluding carboxylic acids is 1. The van der Waals surface area contributed by atoms with E-state index in [9.17, 15) is 4.79 Å². The van der Waals surface area contributed by atoms with Crippen LogP contribution in [0.15, 0.2) is 24.3 Å². The Morgan fingerprint density at radius 3 is 2.71 bits per heavy atom. The van der Waals surface area contributed by atoms with Gasteiger partial charge in [-0.3, -0.25) is 4.79 Å². The van der Waals surface area contributed by atoms with Gasteiger partial charge in [0.05, 0.1) is 7.11 Å². The first-order valence-electron chi connectivity index (χ1n) is 7.74. The number of nitrogens with one attached hydrogen (secondary N) is 1. The van der Waals surface area contributed by atoms with E-state index >= 15 is 0 Å². The summed E-state index contributed by atoms with van der Waals surface area (Å²) in [4.78, 5) is 14.1. The van der Waals surface area contributed by atoms with Crippen LogP contribution in [-0.4, -0.2) is 32.7 Å². The fraction of sp³-hybridized carbons (Fsp3) is 0.588. The molecule has 0 aromatic heterocycles. The fourth-order valence-corrected chi connectivity index (χ4v) is 2.73. The lowest BCUT2D eigenvalue weighted by molar-refractivity contribution is -0.121. The SMILES string of the molecule is COc1ccc(N2CCC(CNC(=O)CC(C)C)C2)cc1. The zero-order valence-corrected chi connectivity index (χ0v) is 13.3. The van der Waals surface area contributed by atoms with Crippen molar-refractivity contribution in [2.45, 2.75) is 26.7 Å². The van der Waals surface area contributed by atoms with Crippen LogP contribution in [0.1, 0.15) is 26.7 Å². The molecule has 0 bridgehead atoms. The Hall–Kier alpha value is -1.71. The predicted octanol–water partition coefficient (Wildman–Crippen LogP) is 2.68. The summed E-state index contributed by atoms with van der Waals surface area (Å²) in [5.74, 6) is 2.02. The van der Waals surface area contributed by atoms with Crippen molar-refractivity contribution in [3.8, 4) is 5.75 Å². The second kappa shape index (κ2) is 7.34. The van der Waals surface area contributed by atoms with E-state index in [-0.39, 0.29) is 5.91 Å². The average molecular weight is 290 g/mol. The summed E-state index contributed by atoms with van der Waals surface area (Å²) in [6.07, 6.45) is 1.75. The highest BCUT2D eigenvalue weighted by Gasteiger charge is 2.23. The van der Waals surface area contributed by atoms with E-state index < -0.39 is 0 Å². The van der Waals surface area contributed by atoms with Crippen molar-refractivity contribution in [1.29, 1.82) is 0 Å². The number of benzene rings is 1. The largest absolute Gasteiger partial charge is 0.497 e. The maximum absolute atomic E-state index is 11.7. The highest BCUT2D eigenvalue weighted by Crippen LogP contribution is 2.25. The van der Waals surface area contributed by atoms with Gasteiger partial charge in [-0.1, -0.05) is 13.8 Å². The third kappa shape index (κ3) is 4.66. The highest BCUT2D eigenvalue weighted by atomic mass is 16.5. The molecule has 1 aliphatic heterocycles. The summed E-state index contributed by atoms with van der Waals surface area (Å²) in [6.45, 7) is 6.99. The molecule has 4 heteroatoms. The van der Waals surface area contributed by atoms with Gasteiger partial charge in [0.2, 0.25) is 5.91 Å². The van der Waals surface area contributed by atoms with Crippen LogP contribution in [0.4, 0.5) is 5.69 Å². The number of rotatable bonds is 6. The maximum atomic E-state index is 11.7. The highest BCUT2D eigenvalue weighted by molar-refractivity contribution is 5.76. The van der Waals surface area contributed by atoms with Crippen LogP contribution >= 0.6 is 0 Å². The van der Waals surface area contributed by atoms with Gasteiger partial charge in [0.15, 0.2) is 0 Å². The van der Waals surface area contributed by atoms with E-state index in [1.165, 1.54) is 5.69 Å². The zero-order chi connectivity index (χ0) is 15.2. The lowest BCUT2D eigenvalue weighted by Crippen LogP contribution is -2.31. The molecular weight excluding hydrogens is 264 g/mol. The van der Waals surface area contributed by atoms with Gasteiger partial charge < -0.3 is 15.0 Å². The minimum atomic E-state index is 0.174. The first-order valence-corrected chi connectivity index (χ1v) is 7.74. The standard InChI is InChI=1S/C17H26N2O2/c1-13(2)10-17(20)18-11-14-8-9-19(12-14)15-4-6-16(21-3)7-5-15/h4-7,13-14H,8-12H2,1-3H3,(H,18,20). The topological polar surface area (TPSA) is 41.6 Å². The molecule has 0 saturated carbocycles. The Morgan fingerprint density at radius 1 is 1.38 bits per heavy atom. The van der Waals surface area contributed by atoms with E-state index in [1.54, 1.807) is 7.11 Å². The Balaban J connectivity index is 1.78. The lowest BCUT2D eigenvalue weighted by atomic mass is 10.1. The Labute approximate surface area is 127 Å². The lowest BCUT2D eigenvalue weighted by Gasteiger charge is -2.19. The van der Waals surface area contributed by atoms with Gasteiger partial charge in [-0.15, -0.1) is 0 Å². The molecule has 21 heavy (non-hydrogen) atoms. The van der Waals surface area contributed by atoms with Crippen LogP contribution in [-0.2, 0) is 4.79 Å². The first kappa shape index (κ1) is 15.7. The van der Waals surface area contributed by atoms with Crippen LogP contribution < -0.4 is 15.0 Å². The monoisotopic (exact) mass is 290 g/mol. The van der Waals surface area contributed by atoms with Crippen molar-refractivity contribution in [3.63, 3.8) is 0 Å². The third-order valence-corrected chi connectivity index (χ3v) is 3.90. The summed E-state index contributed by atoms with van der Waals surface area (Å²) < 4.78 is 5.18. The second-order valence-electron chi connectivity index (χ2n) is 6.20. The molecule has 1 atom stereocenters. The minimum Gasteiger partial charge on any atom is -0.497 e. The summed E-state index contributed by atoms with van der Waals surface area (Å²) >= 11 is 0. The molecule has 1 aromatic rings. The molecule has 0 aliphatic carbocycles. The number of nitrogens with zero attached hydrogens (tertiary/aromatic N) is 1. The smallest absolute Gasteiger partial charge is 0.220 e. The second-order valence-corrected chi connectivity index (χ2v) is 6.20. The molecule has 1 fully saturated rings. The Kier molecular flexibility index (Phi) is 5.48. The maximum Gasteiger partial charge on any atom is 0.220 e. The van der Waals surface area contributed by atoms with Crippen LogP contribution in [0.25, 0.3) is 0 Å².